The first kappa shape index (κ1) is 13.9. The van der Waals surface area contributed by atoms with Gasteiger partial charge in [-0.25, -0.2) is 4.79 Å². The molecule has 19 heavy (non-hydrogen) atoms. The van der Waals surface area contributed by atoms with E-state index in [1.54, 1.807) is 16.7 Å². The van der Waals surface area contributed by atoms with Gasteiger partial charge in [-0.3, -0.25) is 4.79 Å². The molecule has 0 atom stereocenters. The van der Waals surface area contributed by atoms with Crippen LogP contribution in [0.5, 0.6) is 0 Å². The van der Waals surface area contributed by atoms with Crippen molar-refractivity contribution in [2.45, 2.75) is 13.8 Å². The zero-order valence-corrected chi connectivity index (χ0v) is 12.0. The zero-order valence-electron chi connectivity index (χ0n) is 11.2. The summed E-state index contributed by atoms with van der Waals surface area (Å²) in [5.41, 5.74) is 1.11. The quantitative estimate of drug-likeness (QED) is 0.833. The monoisotopic (exact) mass is 282 g/mol. The van der Waals surface area contributed by atoms with Gasteiger partial charge in [0.15, 0.2) is 0 Å². The molecule has 2 amide bonds. The molecule has 5 nitrogen and oxygen atoms in total. The molecule has 0 saturated carbocycles. The van der Waals surface area contributed by atoms with Crippen molar-refractivity contribution in [3.63, 3.8) is 0 Å². The summed E-state index contributed by atoms with van der Waals surface area (Å²) in [7, 11) is 0. The number of amides is 2. The molecule has 1 aromatic heterocycles. The maximum absolute atomic E-state index is 12.2. The summed E-state index contributed by atoms with van der Waals surface area (Å²) in [6.07, 6.45) is -0.290. The second kappa shape index (κ2) is 6.06. The van der Waals surface area contributed by atoms with Crippen LogP contribution in [0.3, 0.4) is 0 Å². The number of thiophene rings is 1. The number of hydrogen-bond acceptors (Lipinski definition) is 4. The third-order valence-corrected chi connectivity index (χ3v) is 4.07. The van der Waals surface area contributed by atoms with E-state index in [0.29, 0.717) is 32.8 Å². The summed E-state index contributed by atoms with van der Waals surface area (Å²) in [6.45, 7) is 6.35. The second-order valence-electron chi connectivity index (χ2n) is 4.47. The van der Waals surface area contributed by atoms with Gasteiger partial charge in [-0.2, -0.15) is 0 Å². The van der Waals surface area contributed by atoms with Crippen LogP contribution in [0.1, 0.15) is 22.2 Å². The van der Waals surface area contributed by atoms with Crippen molar-refractivity contribution in [3.8, 4) is 0 Å². The van der Waals surface area contributed by atoms with Crippen LogP contribution in [0.2, 0.25) is 0 Å². The zero-order chi connectivity index (χ0) is 13.8. The fraction of sp³-hybridized carbons (Fsp3) is 0.538. The van der Waals surface area contributed by atoms with E-state index in [-0.39, 0.29) is 12.0 Å². The van der Waals surface area contributed by atoms with Gasteiger partial charge < -0.3 is 14.5 Å². The molecular weight excluding hydrogens is 264 g/mol. The maximum Gasteiger partial charge on any atom is 0.409 e. The lowest BCUT2D eigenvalue weighted by Gasteiger charge is -2.33. The summed E-state index contributed by atoms with van der Waals surface area (Å²) in [6, 6.07) is 1.91. The maximum atomic E-state index is 12.2. The molecule has 0 radical (unpaired) electrons. The summed E-state index contributed by atoms with van der Waals surface area (Å²) in [4.78, 5) is 28.0. The van der Waals surface area contributed by atoms with E-state index in [9.17, 15) is 9.59 Å². The number of hydrogen-bond donors (Lipinski definition) is 0. The van der Waals surface area contributed by atoms with Gasteiger partial charge in [0.05, 0.1) is 11.5 Å². The Labute approximate surface area is 116 Å². The Morgan fingerprint density at radius 2 is 1.89 bits per heavy atom. The van der Waals surface area contributed by atoms with Crippen molar-refractivity contribution < 1.29 is 14.3 Å². The SMILES string of the molecule is CCOC(=O)N1CCN(C(=O)c2cc(C)cs2)CC1. The predicted octanol–water partition coefficient (Wildman–Crippen LogP) is 1.97. The van der Waals surface area contributed by atoms with Crippen molar-refractivity contribution in [1.82, 2.24) is 9.80 Å². The number of nitrogens with zero attached hydrogens (tertiary/aromatic N) is 2. The van der Waals surface area contributed by atoms with E-state index in [0.717, 1.165) is 10.4 Å². The van der Waals surface area contributed by atoms with Gasteiger partial charge >= 0.3 is 6.09 Å². The van der Waals surface area contributed by atoms with Gasteiger partial charge in [-0.1, -0.05) is 0 Å². The van der Waals surface area contributed by atoms with Crippen molar-refractivity contribution in [1.29, 1.82) is 0 Å². The number of aryl methyl sites for hydroxylation is 1. The molecule has 1 saturated heterocycles. The first-order chi connectivity index (χ1) is 9.11. The Balaban J connectivity index is 1.89. The van der Waals surface area contributed by atoms with E-state index in [2.05, 4.69) is 0 Å². The number of carbonyl (C=O) groups excluding carboxylic acids is 2. The summed E-state index contributed by atoms with van der Waals surface area (Å²) < 4.78 is 4.95. The molecule has 1 aliphatic rings. The molecule has 0 N–H and O–H groups in total. The molecule has 0 aromatic carbocycles. The Hall–Kier alpha value is -1.56. The number of carbonyl (C=O) groups is 2. The third kappa shape index (κ3) is 3.26. The van der Waals surface area contributed by atoms with Gasteiger partial charge in [0.25, 0.3) is 5.91 Å². The normalized spacial score (nSPS) is 15.5. The summed E-state index contributed by atoms with van der Waals surface area (Å²) in [5.74, 6) is 0.0570. The fourth-order valence-electron chi connectivity index (χ4n) is 2.01. The summed E-state index contributed by atoms with van der Waals surface area (Å²) in [5, 5.41) is 1.97. The van der Waals surface area contributed by atoms with Gasteiger partial charge in [-0.05, 0) is 30.9 Å². The molecular formula is C13H18N2O3S. The number of piperazine rings is 1. The van der Waals surface area contributed by atoms with Crippen LogP contribution in [0, 0.1) is 6.92 Å². The van der Waals surface area contributed by atoms with Crippen LogP contribution < -0.4 is 0 Å². The van der Waals surface area contributed by atoms with E-state index in [1.165, 1.54) is 11.3 Å². The Kier molecular flexibility index (Phi) is 4.42. The highest BCUT2D eigenvalue weighted by Gasteiger charge is 2.25. The third-order valence-electron chi connectivity index (χ3n) is 3.03. The minimum Gasteiger partial charge on any atom is -0.450 e. The van der Waals surface area contributed by atoms with Crippen molar-refractivity contribution in [2.75, 3.05) is 32.8 Å². The average Bonchev–Trinajstić information content (AvgIpc) is 2.85. The molecule has 1 fully saturated rings. The molecule has 1 aliphatic heterocycles. The van der Waals surface area contributed by atoms with E-state index in [4.69, 9.17) is 4.74 Å². The van der Waals surface area contributed by atoms with E-state index < -0.39 is 0 Å². The van der Waals surface area contributed by atoms with Gasteiger partial charge in [0, 0.05) is 26.2 Å². The molecule has 2 rings (SSSR count). The first-order valence-electron chi connectivity index (χ1n) is 6.38. The van der Waals surface area contributed by atoms with Crippen molar-refractivity contribution >= 4 is 23.3 Å². The number of ether oxygens (including phenoxy) is 1. The molecule has 104 valence electrons. The fourth-order valence-corrected chi connectivity index (χ4v) is 2.87. The van der Waals surface area contributed by atoms with Crippen molar-refractivity contribution in [3.05, 3.63) is 21.9 Å². The van der Waals surface area contributed by atoms with Gasteiger partial charge in [-0.15, -0.1) is 11.3 Å². The average molecular weight is 282 g/mol. The van der Waals surface area contributed by atoms with Crippen LogP contribution in [0.25, 0.3) is 0 Å². The largest absolute Gasteiger partial charge is 0.450 e. The lowest BCUT2D eigenvalue weighted by molar-refractivity contribution is 0.0574. The number of rotatable bonds is 2. The Morgan fingerprint density at radius 3 is 2.42 bits per heavy atom. The van der Waals surface area contributed by atoms with Crippen LogP contribution in [-0.2, 0) is 4.74 Å². The van der Waals surface area contributed by atoms with E-state index in [1.807, 2.05) is 18.4 Å². The van der Waals surface area contributed by atoms with Crippen LogP contribution in [0.4, 0.5) is 4.79 Å². The summed E-state index contributed by atoms with van der Waals surface area (Å²) >= 11 is 1.47. The highest BCUT2D eigenvalue weighted by molar-refractivity contribution is 7.12. The lowest BCUT2D eigenvalue weighted by atomic mass is 10.3. The standard InChI is InChI=1S/C13H18N2O3S/c1-3-18-13(17)15-6-4-14(5-7-15)12(16)11-8-10(2)9-19-11/h8-9H,3-7H2,1-2H3. The van der Waals surface area contributed by atoms with Gasteiger partial charge in [0.1, 0.15) is 0 Å². The molecule has 2 heterocycles. The topological polar surface area (TPSA) is 49.9 Å². The smallest absolute Gasteiger partial charge is 0.409 e. The van der Waals surface area contributed by atoms with E-state index >= 15 is 0 Å². The van der Waals surface area contributed by atoms with Gasteiger partial charge in [0.2, 0.25) is 0 Å². The lowest BCUT2D eigenvalue weighted by Crippen LogP contribution is -2.50. The Bertz CT molecular complexity index is 464. The predicted molar refractivity (Wildman–Crippen MR) is 73.6 cm³/mol. The highest BCUT2D eigenvalue weighted by atomic mass is 32.1. The minimum absolute atomic E-state index is 0.0570. The molecule has 1 aromatic rings. The molecule has 0 bridgehead atoms. The molecule has 0 unspecified atom stereocenters. The highest BCUT2D eigenvalue weighted by Crippen LogP contribution is 2.17. The molecule has 6 heteroatoms. The van der Waals surface area contributed by atoms with Crippen LogP contribution in [-0.4, -0.2) is 54.6 Å². The minimum atomic E-state index is -0.290. The Morgan fingerprint density at radius 1 is 1.26 bits per heavy atom. The first-order valence-corrected chi connectivity index (χ1v) is 7.26. The van der Waals surface area contributed by atoms with Crippen LogP contribution in [0.15, 0.2) is 11.4 Å². The second-order valence-corrected chi connectivity index (χ2v) is 5.38. The van der Waals surface area contributed by atoms with Crippen molar-refractivity contribution in [2.24, 2.45) is 0 Å². The van der Waals surface area contributed by atoms with Crippen LogP contribution >= 0.6 is 11.3 Å². The molecule has 0 aliphatic carbocycles. The molecule has 0 spiro atoms.